The van der Waals surface area contributed by atoms with Crippen LogP contribution in [0.4, 0.5) is 0 Å². The van der Waals surface area contributed by atoms with E-state index in [2.05, 4.69) is 4.98 Å². The molecule has 0 radical (unpaired) electrons. The van der Waals surface area contributed by atoms with E-state index in [1.165, 1.54) is 0 Å². The number of H-pyrrole nitrogens is 1. The Morgan fingerprint density at radius 1 is 0.941 bits per heavy atom. The average Bonchev–Trinajstić information content (AvgIpc) is 2.57. The lowest BCUT2D eigenvalue weighted by molar-refractivity contribution is 0.0515. The van der Waals surface area contributed by atoms with Crippen molar-refractivity contribution in [2.75, 3.05) is 13.2 Å². The second kappa shape index (κ2) is 5.52. The minimum Gasteiger partial charge on any atom is -0.461 e. The molecule has 0 amide bonds. The first-order chi connectivity index (χ1) is 8.02. The zero-order chi connectivity index (χ0) is 13.0. The molecule has 1 aromatic heterocycles. The molecule has 0 aliphatic rings. The molecule has 0 aliphatic heterocycles. The van der Waals surface area contributed by atoms with Gasteiger partial charge < -0.3 is 14.5 Å². The minimum absolute atomic E-state index is 0.297. The van der Waals surface area contributed by atoms with E-state index in [9.17, 15) is 9.59 Å². The first-order valence-electron chi connectivity index (χ1n) is 5.56. The van der Waals surface area contributed by atoms with Crippen LogP contribution < -0.4 is 0 Å². The molecular formula is C12H17NO4. The Hall–Kier alpha value is -1.78. The van der Waals surface area contributed by atoms with Gasteiger partial charge in [0, 0.05) is 0 Å². The number of esters is 2. The minimum atomic E-state index is -0.455. The van der Waals surface area contributed by atoms with E-state index in [4.69, 9.17) is 9.47 Å². The number of hydrogen-bond acceptors (Lipinski definition) is 4. The standard InChI is InChI=1S/C12H17NO4/c1-5-16-11(14)9-7(3)8(4)10(13-9)12(15)17-6-2/h13H,5-6H2,1-4H3. The SMILES string of the molecule is CCOC(=O)c1[nH]c(C(=O)OCC)c(C)c1C. The van der Waals surface area contributed by atoms with Gasteiger partial charge in [-0.15, -0.1) is 0 Å². The molecule has 0 aliphatic carbocycles. The van der Waals surface area contributed by atoms with Crippen LogP contribution >= 0.6 is 0 Å². The topological polar surface area (TPSA) is 68.4 Å². The van der Waals surface area contributed by atoms with Crippen molar-refractivity contribution in [1.82, 2.24) is 4.98 Å². The molecule has 0 aromatic carbocycles. The highest BCUT2D eigenvalue weighted by molar-refractivity contribution is 5.95. The Balaban J connectivity index is 3.07. The Bertz CT molecular complexity index is 395. The highest BCUT2D eigenvalue weighted by Gasteiger charge is 2.22. The number of carbonyl (C=O) groups excluding carboxylic acids is 2. The molecule has 94 valence electrons. The van der Waals surface area contributed by atoms with Crippen LogP contribution in [0.5, 0.6) is 0 Å². The van der Waals surface area contributed by atoms with E-state index in [0.717, 1.165) is 0 Å². The fraction of sp³-hybridized carbons (Fsp3) is 0.500. The molecule has 0 atom stereocenters. The van der Waals surface area contributed by atoms with Crippen molar-refractivity contribution in [1.29, 1.82) is 0 Å². The fourth-order valence-corrected chi connectivity index (χ4v) is 1.50. The quantitative estimate of drug-likeness (QED) is 0.816. The lowest BCUT2D eigenvalue weighted by Crippen LogP contribution is -2.09. The van der Waals surface area contributed by atoms with Crippen LogP contribution in [0.3, 0.4) is 0 Å². The van der Waals surface area contributed by atoms with E-state index in [0.29, 0.717) is 35.7 Å². The number of ether oxygens (including phenoxy) is 2. The zero-order valence-corrected chi connectivity index (χ0v) is 10.5. The van der Waals surface area contributed by atoms with Gasteiger partial charge in [0.15, 0.2) is 0 Å². The van der Waals surface area contributed by atoms with Gasteiger partial charge in [0.1, 0.15) is 11.4 Å². The van der Waals surface area contributed by atoms with E-state index in [1.807, 2.05) is 0 Å². The smallest absolute Gasteiger partial charge is 0.355 e. The average molecular weight is 239 g/mol. The Morgan fingerprint density at radius 2 is 1.29 bits per heavy atom. The van der Waals surface area contributed by atoms with Crippen LogP contribution in [-0.4, -0.2) is 30.1 Å². The van der Waals surface area contributed by atoms with Crippen molar-refractivity contribution in [3.05, 3.63) is 22.5 Å². The van der Waals surface area contributed by atoms with Gasteiger partial charge in [-0.1, -0.05) is 0 Å². The molecule has 5 heteroatoms. The van der Waals surface area contributed by atoms with Crippen molar-refractivity contribution < 1.29 is 19.1 Å². The van der Waals surface area contributed by atoms with E-state index in [1.54, 1.807) is 27.7 Å². The van der Waals surface area contributed by atoms with Gasteiger partial charge >= 0.3 is 11.9 Å². The summed E-state index contributed by atoms with van der Waals surface area (Å²) in [4.78, 5) is 26.0. The van der Waals surface area contributed by atoms with Crippen LogP contribution in [0, 0.1) is 13.8 Å². The van der Waals surface area contributed by atoms with Gasteiger partial charge in [0.2, 0.25) is 0 Å². The second-order valence-corrected chi connectivity index (χ2v) is 3.57. The normalized spacial score (nSPS) is 10.1. The summed E-state index contributed by atoms with van der Waals surface area (Å²) in [6.07, 6.45) is 0. The first-order valence-corrected chi connectivity index (χ1v) is 5.56. The maximum atomic E-state index is 11.6. The Labute approximate surface area is 100 Å². The lowest BCUT2D eigenvalue weighted by atomic mass is 10.1. The third-order valence-electron chi connectivity index (χ3n) is 2.52. The van der Waals surface area contributed by atoms with Gasteiger partial charge in [-0.3, -0.25) is 0 Å². The van der Waals surface area contributed by atoms with E-state index < -0.39 is 11.9 Å². The molecule has 17 heavy (non-hydrogen) atoms. The largest absolute Gasteiger partial charge is 0.461 e. The van der Waals surface area contributed by atoms with Gasteiger partial charge in [-0.2, -0.15) is 0 Å². The molecule has 0 saturated heterocycles. The van der Waals surface area contributed by atoms with Crippen LogP contribution in [0.2, 0.25) is 0 Å². The van der Waals surface area contributed by atoms with Crippen molar-refractivity contribution >= 4 is 11.9 Å². The Morgan fingerprint density at radius 3 is 1.59 bits per heavy atom. The highest BCUT2D eigenvalue weighted by Crippen LogP contribution is 2.19. The number of carbonyl (C=O) groups is 2. The maximum Gasteiger partial charge on any atom is 0.355 e. The van der Waals surface area contributed by atoms with Gasteiger partial charge in [0.25, 0.3) is 0 Å². The molecular weight excluding hydrogens is 222 g/mol. The predicted molar refractivity (Wildman–Crippen MR) is 62.2 cm³/mol. The van der Waals surface area contributed by atoms with Gasteiger partial charge in [-0.25, -0.2) is 9.59 Å². The summed E-state index contributed by atoms with van der Waals surface area (Å²) in [7, 11) is 0. The van der Waals surface area contributed by atoms with Gasteiger partial charge in [-0.05, 0) is 38.8 Å². The number of aromatic nitrogens is 1. The van der Waals surface area contributed by atoms with Crippen LogP contribution in [0.1, 0.15) is 46.0 Å². The molecule has 1 N–H and O–H groups in total. The fourth-order valence-electron chi connectivity index (χ4n) is 1.50. The predicted octanol–water partition coefficient (Wildman–Crippen LogP) is 1.98. The second-order valence-electron chi connectivity index (χ2n) is 3.57. The van der Waals surface area contributed by atoms with Crippen molar-refractivity contribution in [3.63, 3.8) is 0 Å². The number of hydrogen-bond donors (Lipinski definition) is 1. The van der Waals surface area contributed by atoms with Gasteiger partial charge in [0.05, 0.1) is 13.2 Å². The molecule has 1 heterocycles. The molecule has 5 nitrogen and oxygen atoms in total. The van der Waals surface area contributed by atoms with E-state index in [-0.39, 0.29) is 0 Å². The summed E-state index contributed by atoms with van der Waals surface area (Å²) in [6.45, 7) is 7.59. The highest BCUT2D eigenvalue weighted by atomic mass is 16.5. The van der Waals surface area contributed by atoms with Crippen LogP contribution in [0.15, 0.2) is 0 Å². The monoisotopic (exact) mass is 239 g/mol. The molecule has 0 spiro atoms. The summed E-state index contributed by atoms with van der Waals surface area (Å²) in [6, 6.07) is 0. The number of rotatable bonds is 4. The number of nitrogens with one attached hydrogen (secondary N) is 1. The molecule has 1 rings (SSSR count). The summed E-state index contributed by atoms with van der Waals surface area (Å²) in [5.41, 5.74) is 2.05. The molecule has 1 aromatic rings. The summed E-state index contributed by atoms with van der Waals surface area (Å²) in [5, 5.41) is 0. The molecule has 0 unspecified atom stereocenters. The number of aromatic amines is 1. The third kappa shape index (κ3) is 2.67. The van der Waals surface area contributed by atoms with E-state index >= 15 is 0 Å². The van der Waals surface area contributed by atoms with Crippen molar-refractivity contribution in [2.24, 2.45) is 0 Å². The molecule has 0 fully saturated rings. The van der Waals surface area contributed by atoms with Crippen molar-refractivity contribution in [2.45, 2.75) is 27.7 Å². The summed E-state index contributed by atoms with van der Waals surface area (Å²) in [5.74, 6) is -0.910. The first kappa shape index (κ1) is 13.3. The molecule has 0 bridgehead atoms. The van der Waals surface area contributed by atoms with Crippen LogP contribution in [-0.2, 0) is 9.47 Å². The third-order valence-corrected chi connectivity index (χ3v) is 2.52. The zero-order valence-electron chi connectivity index (χ0n) is 10.5. The Kier molecular flexibility index (Phi) is 4.31. The molecule has 0 saturated carbocycles. The lowest BCUT2D eigenvalue weighted by Gasteiger charge is -2.00. The summed E-state index contributed by atoms with van der Waals surface area (Å²) >= 11 is 0. The van der Waals surface area contributed by atoms with Crippen molar-refractivity contribution in [3.8, 4) is 0 Å². The maximum absolute atomic E-state index is 11.6. The van der Waals surface area contributed by atoms with Crippen LogP contribution in [0.25, 0.3) is 0 Å². The summed E-state index contributed by atoms with van der Waals surface area (Å²) < 4.78 is 9.79.